The molecule has 0 spiro atoms. The number of ether oxygens (including phenoxy) is 2. The Hall–Kier alpha value is -2.11. The van der Waals surface area contributed by atoms with Gasteiger partial charge < -0.3 is 40.3 Å². The van der Waals surface area contributed by atoms with Crippen LogP contribution in [-0.4, -0.2) is 87.5 Å². The van der Waals surface area contributed by atoms with Crippen LogP contribution in [0.15, 0.2) is 60.8 Å². The van der Waals surface area contributed by atoms with E-state index < -0.39 is 49.5 Å². The molecular formula is C77H143NO8. The van der Waals surface area contributed by atoms with Gasteiger partial charge in [0.25, 0.3) is 0 Å². The van der Waals surface area contributed by atoms with E-state index in [1.54, 1.807) is 6.08 Å². The van der Waals surface area contributed by atoms with Gasteiger partial charge in [-0.1, -0.05) is 351 Å². The van der Waals surface area contributed by atoms with Crippen molar-refractivity contribution in [2.24, 2.45) is 0 Å². The van der Waals surface area contributed by atoms with Gasteiger partial charge in [-0.15, -0.1) is 0 Å². The average Bonchev–Trinajstić information content (AvgIpc) is 2.60. The smallest absolute Gasteiger partial charge is 0.220 e. The van der Waals surface area contributed by atoms with Crippen LogP contribution in [0.3, 0.4) is 0 Å². The van der Waals surface area contributed by atoms with Gasteiger partial charge in [0.1, 0.15) is 24.4 Å². The van der Waals surface area contributed by atoms with E-state index in [4.69, 9.17) is 9.47 Å². The Balaban J connectivity index is 2.12. The molecule has 9 nitrogen and oxygen atoms in total. The third-order valence-electron chi connectivity index (χ3n) is 17.8. The lowest BCUT2D eigenvalue weighted by molar-refractivity contribution is -0.302. The van der Waals surface area contributed by atoms with E-state index in [2.05, 4.69) is 67.8 Å². The SMILES string of the molecule is CCCCCCC/C=C\C/C=C\C/C=C\CCCCCCCCCCCCCCCCCCCCC(=O)NC(COC1OC(CO)C(O)C(O)C1O)C(O)/C=C/CC/C=C/CCCCCCCCCCCCCCCCCCCCCCCCCC. The summed E-state index contributed by atoms with van der Waals surface area (Å²) in [6.07, 6.45) is 84.9. The summed E-state index contributed by atoms with van der Waals surface area (Å²) in [4.78, 5) is 13.1. The second-order valence-corrected chi connectivity index (χ2v) is 26.1. The van der Waals surface area contributed by atoms with Crippen LogP contribution in [-0.2, 0) is 14.3 Å². The zero-order valence-electron chi connectivity index (χ0n) is 56.6. The first-order chi connectivity index (χ1) is 42.3. The number of nitrogens with one attached hydrogen (secondary N) is 1. The van der Waals surface area contributed by atoms with Gasteiger partial charge in [0, 0.05) is 6.42 Å². The van der Waals surface area contributed by atoms with Gasteiger partial charge in [0.15, 0.2) is 6.29 Å². The van der Waals surface area contributed by atoms with E-state index in [0.29, 0.717) is 6.42 Å². The Labute approximate surface area is 532 Å². The van der Waals surface area contributed by atoms with Gasteiger partial charge in [-0.2, -0.15) is 0 Å². The molecule has 0 bridgehead atoms. The number of unbranched alkanes of at least 4 members (excludes halogenated alkanes) is 48. The highest BCUT2D eigenvalue weighted by molar-refractivity contribution is 5.76. The standard InChI is InChI=1S/C77H143NO8/c1-3-5-7-9-11-13-15-17-19-21-23-25-27-29-31-33-35-36-37-39-41-43-45-47-49-51-53-55-57-59-61-63-65-67-73(81)78-70(69-85-77-76(84)75(83)74(82)72(68-79)86-77)71(80)66-64-62-60-58-56-54-52-50-48-46-44-42-40-38-34-32-30-28-26-24-22-20-18-16-14-12-10-8-6-4-2/h15,17,21,23,27,29,56,58,64,66,70-72,74-77,79-80,82-84H,3-14,16,18-20,22,24-26,28,30-55,57,59-63,65,67-69H2,1-2H3,(H,78,81)/b17-15-,23-21-,29-27-,58-56+,66-64+. The summed E-state index contributed by atoms with van der Waals surface area (Å²) < 4.78 is 11.3. The molecule has 1 aliphatic heterocycles. The fourth-order valence-electron chi connectivity index (χ4n) is 12.0. The van der Waals surface area contributed by atoms with Crippen molar-refractivity contribution in [3.63, 3.8) is 0 Å². The van der Waals surface area contributed by atoms with Crippen molar-refractivity contribution in [3.05, 3.63) is 60.8 Å². The summed E-state index contributed by atoms with van der Waals surface area (Å²) in [6, 6.07) is -0.825. The van der Waals surface area contributed by atoms with E-state index in [1.807, 2.05) is 6.08 Å². The lowest BCUT2D eigenvalue weighted by atomic mass is 9.99. The maximum Gasteiger partial charge on any atom is 0.220 e. The van der Waals surface area contributed by atoms with Crippen LogP contribution in [0.25, 0.3) is 0 Å². The quantitative estimate of drug-likeness (QED) is 0.0261. The lowest BCUT2D eigenvalue weighted by Gasteiger charge is -2.40. The zero-order chi connectivity index (χ0) is 62.1. The van der Waals surface area contributed by atoms with Crippen molar-refractivity contribution in [2.45, 2.75) is 410 Å². The Morgan fingerprint density at radius 2 is 0.698 bits per heavy atom. The van der Waals surface area contributed by atoms with Gasteiger partial charge >= 0.3 is 0 Å². The number of allylic oxidation sites excluding steroid dienone is 9. The maximum absolute atomic E-state index is 13.1. The molecule has 0 aliphatic carbocycles. The minimum absolute atomic E-state index is 0.181. The summed E-state index contributed by atoms with van der Waals surface area (Å²) in [5.41, 5.74) is 0. The number of carbonyl (C=O) groups is 1. The van der Waals surface area contributed by atoms with E-state index in [1.165, 1.54) is 295 Å². The van der Waals surface area contributed by atoms with Crippen molar-refractivity contribution in [1.82, 2.24) is 5.32 Å². The molecule has 9 heteroatoms. The summed E-state index contributed by atoms with van der Waals surface area (Å²) in [5, 5.41) is 54.8. The van der Waals surface area contributed by atoms with Gasteiger partial charge in [0.2, 0.25) is 5.91 Å². The average molecular weight is 1210 g/mol. The van der Waals surface area contributed by atoms with Crippen molar-refractivity contribution in [1.29, 1.82) is 0 Å². The van der Waals surface area contributed by atoms with Crippen LogP contribution in [0.2, 0.25) is 0 Å². The predicted octanol–water partition coefficient (Wildman–Crippen LogP) is 20.9. The van der Waals surface area contributed by atoms with Crippen molar-refractivity contribution < 1.29 is 39.8 Å². The molecule has 7 unspecified atom stereocenters. The minimum atomic E-state index is -1.57. The van der Waals surface area contributed by atoms with Crippen LogP contribution >= 0.6 is 0 Å². The van der Waals surface area contributed by atoms with E-state index in [0.717, 1.165) is 51.4 Å². The summed E-state index contributed by atoms with van der Waals surface area (Å²) >= 11 is 0. The lowest BCUT2D eigenvalue weighted by Crippen LogP contribution is -2.60. The second kappa shape index (κ2) is 65.8. The number of rotatable bonds is 66. The van der Waals surface area contributed by atoms with Gasteiger partial charge in [-0.3, -0.25) is 4.79 Å². The highest BCUT2D eigenvalue weighted by Crippen LogP contribution is 2.23. The number of hydrogen-bond donors (Lipinski definition) is 6. The Morgan fingerprint density at radius 3 is 1.06 bits per heavy atom. The van der Waals surface area contributed by atoms with Gasteiger partial charge in [-0.05, 0) is 70.6 Å². The van der Waals surface area contributed by atoms with Gasteiger partial charge in [-0.25, -0.2) is 0 Å². The topological polar surface area (TPSA) is 149 Å². The molecule has 1 fully saturated rings. The van der Waals surface area contributed by atoms with Crippen LogP contribution in [0, 0.1) is 0 Å². The van der Waals surface area contributed by atoms with Crippen molar-refractivity contribution in [3.8, 4) is 0 Å². The number of aliphatic hydroxyl groups excluding tert-OH is 5. The van der Waals surface area contributed by atoms with E-state index in [9.17, 15) is 30.3 Å². The monoisotopic (exact) mass is 1210 g/mol. The second-order valence-electron chi connectivity index (χ2n) is 26.1. The highest BCUT2D eigenvalue weighted by atomic mass is 16.7. The molecule has 1 saturated heterocycles. The number of carbonyl (C=O) groups excluding carboxylic acids is 1. The number of amides is 1. The molecule has 0 saturated carbocycles. The molecule has 1 rings (SSSR count). The Morgan fingerprint density at radius 1 is 0.395 bits per heavy atom. The van der Waals surface area contributed by atoms with Crippen LogP contribution < -0.4 is 5.32 Å². The molecule has 504 valence electrons. The fourth-order valence-corrected chi connectivity index (χ4v) is 12.0. The van der Waals surface area contributed by atoms with Crippen molar-refractivity contribution >= 4 is 5.91 Å². The molecule has 0 aromatic carbocycles. The van der Waals surface area contributed by atoms with Crippen molar-refractivity contribution in [2.75, 3.05) is 13.2 Å². The number of aliphatic hydroxyl groups is 5. The first-order valence-electron chi connectivity index (χ1n) is 37.5. The van der Waals surface area contributed by atoms with Gasteiger partial charge in [0.05, 0.1) is 25.4 Å². The molecule has 0 aromatic rings. The highest BCUT2D eigenvalue weighted by Gasteiger charge is 2.44. The summed E-state index contributed by atoms with van der Waals surface area (Å²) in [5.74, 6) is -0.181. The number of hydrogen-bond acceptors (Lipinski definition) is 8. The third kappa shape index (κ3) is 53.7. The maximum atomic E-state index is 13.1. The molecule has 1 amide bonds. The first-order valence-corrected chi connectivity index (χ1v) is 37.5. The Kier molecular flexibility index (Phi) is 62.7. The predicted molar refractivity (Wildman–Crippen MR) is 369 cm³/mol. The zero-order valence-corrected chi connectivity index (χ0v) is 56.6. The van der Waals surface area contributed by atoms with Crippen LogP contribution in [0.4, 0.5) is 0 Å². The molecule has 0 aromatic heterocycles. The van der Waals surface area contributed by atoms with Crippen LogP contribution in [0.5, 0.6) is 0 Å². The summed E-state index contributed by atoms with van der Waals surface area (Å²) in [6.45, 7) is 3.80. The first kappa shape index (κ1) is 81.9. The normalized spacial score (nSPS) is 18.3. The van der Waals surface area contributed by atoms with E-state index in [-0.39, 0.29) is 12.5 Å². The molecule has 6 N–H and O–H groups in total. The fraction of sp³-hybridized carbons (Fsp3) is 0.857. The van der Waals surface area contributed by atoms with E-state index >= 15 is 0 Å². The Bertz CT molecular complexity index is 1540. The molecular weight excluding hydrogens is 1070 g/mol. The van der Waals surface area contributed by atoms with Crippen LogP contribution in [0.1, 0.15) is 367 Å². The third-order valence-corrected chi connectivity index (χ3v) is 17.8. The molecule has 0 radical (unpaired) electrons. The largest absolute Gasteiger partial charge is 0.394 e. The minimum Gasteiger partial charge on any atom is -0.394 e. The molecule has 1 aliphatic rings. The molecule has 1 heterocycles. The summed E-state index contributed by atoms with van der Waals surface area (Å²) in [7, 11) is 0. The molecule has 86 heavy (non-hydrogen) atoms. The molecule has 7 atom stereocenters.